The number of hydrogen-bond acceptors (Lipinski definition) is 4. The zero-order chi connectivity index (χ0) is 15.1. The van der Waals surface area contributed by atoms with Crippen LogP contribution in [0.3, 0.4) is 0 Å². The van der Waals surface area contributed by atoms with Crippen LogP contribution in [0.15, 0.2) is 24.8 Å². The molecule has 0 aliphatic carbocycles. The van der Waals surface area contributed by atoms with Crippen LogP contribution < -0.4 is 4.90 Å². The molecule has 0 radical (unpaired) electrons. The summed E-state index contributed by atoms with van der Waals surface area (Å²) in [6.07, 6.45) is 0.304. The second kappa shape index (κ2) is 4.82. The maximum atomic E-state index is 12.3. The summed E-state index contributed by atoms with van der Waals surface area (Å²) < 4.78 is 4.98. The minimum atomic E-state index is -1.47. The molecule has 7 heteroatoms. The molecule has 1 saturated heterocycles. The second-order valence-electron chi connectivity index (χ2n) is 4.21. The van der Waals surface area contributed by atoms with E-state index in [1.165, 1.54) is 25.1 Å². The minimum Gasteiger partial charge on any atom is -0.428 e. The summed E-state index contributed by atoms with van der Waals surface area (Å²) in [6.45, 7) is 4.86. The topological polar surface area (TPSA) is 70.4 Å². The molecular weight excluding hydrogens is 303 g/mol. The van der Waals surface area contributed by atoms with Gasteiger partial charge < -0.3 is 4.74 Å². The lowest BCUT2D eigenvalue weighted by atomic mass is 10.1. The Labute approximate surface area is 124 Å². The van der Waals surface area contributed by atoms with Crippen LogP contribution in [0.4, 0.5) is 10.5 Å². The Morgan fingerprint density at radius 3 is 2.60 bits per heavy atom. The lowest BCUT2D eigenvalue weighted by molar-refractivity contribution is -0.125. The van der Waals surface area contributed by atoms with Gasteiger partial charge in [0, 0.05) is 5.02 Å². The van der Waals surface area contributed by atoms with Crippen molar-refractivity contribution in [2.75, 3.05) is 4.90 Å². The van der Waals surface area contributed by atoms with Gasteiger partial charge in [-0.25, -0.2) is 9.69 Å². The fourth-order valence-corrected chi connectivity index (χ4v) is 2.28. The highest BCUT2D eigenvalue weighted by Gasteiger charge is 2.50. The fourth-order valence-electron chi connectivity index (χ4n) is 1.76. The van der Waals surface area contributed by atoms with Gasteiger partial charge in [-0.05, 0) is 25.1 Å². The monoisotopic (exact) mass is 310 g/mol. The van der Waals surface area contributed by atoms with Crippen LogP contribution in [0.25, 0.3) is 0 Å². The molecular formula is C13H8Cl2N2O3. The zero-order valence-electron chi connectivity index (χ0n) is 10.3. The number of rotatable bonds is 2. The van der Waals surface area contributed by atoms with Gasteiger partial charge >= 0.3 is 6.09 Å². The number of anilines is 1. The Morgan fingerprint density at radius 1 is 1.45 bits per heavy atom. The Balaban J connectivity index is 2.64. The zero-order valence-corrected chi connectivity index (χ0v) is 11.8. The molecule has 1 fully saturated rings. The lowest BCUT2D eigenvalue weighted by Gasteiger charge is -2.16. The number of amides is 2. The highest BCUT2D eigenvalue weighted by molar-refractivity contribution is 6.36. The highest BCUT2D eigenvalue weighted by atomic mass is 35.5. The highest BCUT2D eigenvalue weighted by Crippen LogP contribution is 2.36. The van der Waals surface area contributed by atoms with Crippen LogP contribution in [-0.4, -0.2) is 17.6 Å². The standard InChI is InChI=1S/C13H8Cl2N2O3/c1-3-13(2)11(18)17(12(19)20-13)10-5-7(14)4-9(15)8(10)6-16/h3-5H,1H2,2H3. The van der Waals surface area contributed by atoms with Crippen molar-refractivity contribution >= 4 is 40.9 Å². The van der Waals surface area contributed by atoms with Crippen molar-refractivity contribution in [3.05, 3.63) is 40.4 Å². The molecule has 2 rings (SSSR count). The molecule has 1 aliphatic heterocycles. The molecule has 0 aromatic heterocycles. The summed E-state index contributed by atoms with van der Waals surface area (Å²) >= 11 is 11.8. The van der Waals surface area contributed by atoms with Crippen molar-refractivity contribution in [2.45, 2.75) is 12.5 Å². The summed E-state index contributed by atoms with van der Waals surface area (Å²) in [7, 11) is 0. The quantitative estimate of drug-likeness (QED) is 0.786. The van der Waals surface area contributed by atoms with Gasteiger partial charge in [-0.3, -0.25) is 4.79 Å². The molecule has 0 spiro atoms. The van der Waals surface area contributed by atoms with E-state index in [2.05, 4.69) is 6.58 Å². The van der Waals surface area contributed by atoms with Gasteiger partial charge in [0.1, 0.15) is 6.07 Å². The number of nitrogens with zero attached hydrogens (tertiary/aromatic N) is 2. The molecule has 1 unspecified atom stereocenters. The number of carbonyl (C=O) groups is 2. The normalized spacial score (nSPS) is 21.6. The first-order valence-corrected chi connectivity index (χ1v) is 6.20. The van der Waals surface area contributed by atoms with Crippen molar-refractivity contribution in [3.63, 3.8) is 0 Å². The molecule has 5 nitrogen and oxygen atoms in total. The van der Waals surface area contributed by atoms with Crippen LogP contribution >= 0.6 is 23.2 Å². The van der Waals surface area contributed by atoms with E-state index in [0.717, 1.165) is 4.90 Å². The van der Waals surface area contributed by atoms with E-state index < -0.39 is 17.6 Å². The molecule has 1 heterocycles. The summed E-state index contributed by atoms with van der Waals surface area (Å²) in [5, 5.41) is 9.36. The maximum absolute atomic E-state index is 12.3. The third-order valence-electron chi connectivity index (χ3n) is 2.89. The van der Waals surface area contributed by atoms with E-state index in [4.69, 9.17) is 33.2 Å². The molecule has 0 N–H and O–H groups in total. The van der Waals surface area contributed by atoms with Gasteiger partial charge in [-0.15, -0.1) is 0 Å². The minimum absolute atomic E-state index is 0.00873. The number of benzene rings is 1. The van der Waals surface area contributed by atoms with E-state index >= 15 is 0 Å². The van der Waals surface area contributed by atoms with Gasteiger partial charge in [0.2, 0.25) is 5.60 Å². The Bertz CT molecular complexity index is 681. The fraction of sp³-hybridized carbons (Fsp3) is 0.154. The summed E-state index contributed by atoms with van der Waals surface area (Å²) in [4.78, 5) is 24.9. The first-order valence-electron chi connectivity index (χ1n) is 5.44. The molecule has 1 aromatic rings. The predicted molar refractivity (Wildman–Crippen MR) is 73.7 cm³/mol. The molecule has 0 saturated carbocycles. The number of hydrogen-bond donors (Lipinski definition) is 0. The number of imide groups is 1. The Morgan fingerprint density at radius 2 is 2.10 bits per heavy atom. The average Bonchev–Trinajstić information content (AvgIpc) is 2.60. The average molecular weight is 311 g/mol. The van der Waals surface area contributed by atoms with Crippen molar-refractivity contribution in [2.24, 2.45) is 0 Å². The van der Waals surface area contributed by atoms with E-state index in [9.17, 15) is 9.59 Å². The summed E-state index contributed by atoms with van der Waals surface area (Å²) in [5.74, 6) is -0.660. The van der Waals surface area contributed by atoms with Gasteiger partial charge in [-0.1, -0.05) is 29.8 Å². The lowest BCUT2D eigenvalue weighted by Crippen LogP contribution is -2.37. The van der Waals surface area contributed by atoms with Crippen molar-refractivity contribution in [3.8, 4) is 6.07 Å². The largest absolute Gasteiger partial charge is 0.428 e. The molecule has 2 amide bonds. The number of cyclic esters (lactones) is 1. The van der Waals surface area contributed by atoms with Crippen LogP contribution in [0.5, 0.6) is 0 Å². The summed E-state index contributed by atoms with van der Waals surface area (Å²) in [5.41, 5.74) is -1.52. The predicted octanol–water partition coefficient (Wildman–Crippen LogP) is 3.29. The third-order valence-corrected chi connectivity index (χ3v) is 3.40. The van der Waals surface area contributed by atoms with Gasteiger partial charge in [0.05, 0.1) is 16.3 Å². The summed E-state index contributed by atoms with van der Waals surface area (Å²) in [6, 6.07) is 4.49. The first kappa shape index (κ1) is 14.4. The van der Waals surface area contributed by atoms with Crippen LogP contribution in [0.1, 0.15) is 12.5 Å². The van der Waals surface area contributed by atoms with E-state index in [-0.39, 0.29) is 21.3 Å². The number of nitriles is 1. The molecule has 20 heavy (non-hydrogen) atoms. The molecule has 1 aromatic carbocycles. The van der Waals surface area contributed by atoms with E-state index in [1.807, 2.05) is 6.07 Å². The number of halogens is 2. The van der Waals surface area contributed by atoms with Crippen molar-refractivity contribution < 1.29 is 14.3 Å². The van der Waals surface area contributed by atoms with Crippen LogP contribution in [0, 0.1) is 11.3 Å². The van der Waals surface area contributed by atoms with E-state index in [1.54, 1.807) is 0 Å². The molecule has 1 atom stereocenters. The van der Waals surface area contributed by atoms with Crippen molar-refractivity contribution in [1.29, 1.82) is 5.26 Å². The maximum Gasteiger partial charge on any atom is 0.422 e. The molecule has 102 valence electrons. The van der Waals surface area contributed by atoms with Gasteiger partial charge in [0.25, 0.3) is 5.91 Å². The molecule has 0 bridgehead atoms. The van der Waals surface area contributed by atoms with Gasteiger partial charge in [0.15, 0.2) is 0 Å². The van der Waals surface area contributed by atoms with Crippen molar-refractivity contribution in [1.82, 2.24) is 0 Å². The van der Waals surface area contributed by atoms with Gasteiger partial charge in [-0.2, -0.15) is 5.26 Å². The third kappa shape index (κ3) is 2.03. The van der Waals surface area contributed by atoms with Crippen LogP contribution in [-0.2, 0) is 9.53 Å². The first-order chi connectivity index (χ1) is 9.34. The van der Waals surface area contributed by atoms with E-state index in [0.29, 0.717) is 0 Å². The number of carbonyl (C=O) groups excluding carboxylic acids is 2. The smallest absolute Gasteiger partial charge is 0.422 e. The van der Waals surface area contributed by atoms with Crippen LogP contribution in [0.2, 0.25) is 10.0 Å². The number of ether oxygens (including phenoxy) is 1. The second-order valence-corrected chi connectivity index (χ2v) is 5.06. The Kier molecular flexibility index (Phi) is 3.46. The SMILES string of the molecule is C=CC1(C)OC(=O)N(c2cc(Cl)cc(Cl)c2C#N)C1=O. The molecule has 1 aliphatic rings. The Hall–Kier alpha value is -2.03.